The van der Waals surface area contributed by atoms with Crippen molar-refractivity contribution in [2.45, 2.75) is 0 Å². The van der Waals surface area contributed by atoms with E-state index in [0.29, 0.717) is 13.1 Å². The molecule has 1 fully saturated rings. The van der Waals surface area contributed by atoms with Gasteiger partial charge in [0, 0.05) is 58.5 Å². The van der Waals surface area contributed by atoms with Crippen molar-refractivity contribution in [1.29, 1.82) is 0 Å². The maximum atomic E-state index is 12.9. The van der Waals surface area contributed by atoms with E-state index >= 15 is 0 Å². The Morgan fingerprint density at radius 1 is 1.26 bits per heavy atom. The summed E-state index contributed by atoms with van der Waals surface area (Å²) in [5, 5.41) is 11.6. The molecule has 1 aliphatic rings. The second kappa shape index (κ2) is 8.69. The van der Waals surface area contributed by atoms with Crippen LogP contribution < -0.4 is 10.2 Å². The van der Waals surface area contributed by atoms with Crippen LogP contribution in [-0.4, -0.2) is 80.4 Å². The van der Waals surface area contributed by atoms with Crippen molar-refractivity contribution in [1.82, 2.24) is 15.1 Å². The lowest BCUT2D eigenvalue weighted by molar-refractivity contribution is 0.187. The number of piperazine rings is 1. The van der Waals surface area contributed by atoms with E-state index in [1.165, 1.54) is 17.0 Å². The second-order valence-corrected chi connectivity index (χ2v) is 5.68. The summed E-state index contributed by atoms with van der Waals surface area (Å²) in [6.45, 7) is 5.31. The molecule has 2 rings (SSSR count). The van der Waals surface area contributed by atoms with Gasteiger partial charge in [0.25, 0.3) is 0 Å². The summed E-state index contributed by atoms with van der Waals surface area (Å²) in [5.41, 5.74) is 1.05. The van der Waals surface area contributed by atoms with Crippen LogP contribution in [0.5, 0.6) is 0 Å². The van der Waals surface area contributed by atoms with Gasteiger partial charge < -0.3 is 20.2 Å². The van der Waals surface area contributed by atoms with Gasteiger partial charge in [-0.15, -0.1) is 0 Å². The topological polar surface area (TPSA) is 59.1 Å². The number of anilines is 1. The number of likely N-dealkylation sites (N-methyl/N-ethyl adjacent to an activating group) is 1. The lowest BCUT2D eigenvalue weighted by atomic mass is 10.2. The van der Waals surface area contributed by atoms with E-state index in [1.807, 2.05) is 12.1 Å². The quantitative estimate of drug-likeness (QED) is 0.804. The number of nitrogens with zero attached hydrogens (tertiary/aromatic N) is 3. The van der Waals surface area contributed by atoms with E-state index in [0.717, 1.165) is 38.4 Å². The number of carbonyl (C=O) groups excluding carboxylic acids is 1. The van der Waals surface area contributed by atoms with Gasteiger partial charge in [-0.3, -0.25) is 4.90 Å². The molecule has 1 saturated heterocycles. The van der Waals surface area contributed by atoms with Gasteiger partial charge in [0.15, 0.2) is 0 Å². The maximum Gasteiger partial charge on any atom is 0.317 e. The third-order valence-corrected chi connectivity index (χ3v) is 4.05. The molecule has 0 aliphatic carbocycles. The first-order valence-electron chi connectivity index (χ1n) is 7.93. The van der Waals surface area contributed by atoms with Crippen molar-refractivity contribution >= 4 is 11.7 Å². The summed E-state index contributed by atoms with van der Waals surface area (Å²) in [6.07, 6.45) is 0. The van der Waals surface area contributed by atoms with Crippen molar-refractivity contribution < 1.29 is 14.3 Å². The lowest BCUT2D eigenvalue weighted by Gasteiger charge is -2.36. The van der Waals surface area contributed by atoms with Crippen LogP contribution >= 0.6 is 0 Å². The Morgan fingerprint density at radius 3 is 2.52 bits per heavy atom. The second-order valence-electron chi connectivity index (χ2n) is 5.68. The van der Waals surface area contributed by atoms with E-state index in [1.54, 1.807) is 7.05 Å². The first-order chi connectivity index (χ1) is 11.1. The highest BCUT2D eigenvalue weighted by Crippen LogP contribution is 2.16. The molecule has 0 atom stereocenters. The summed E-state index contributed by atoms with van der Waals surface area (Å²) in [7, 11) is 1.66. The number of hydrogen-bond donors (Lipinski definition) is 2. The minimum absolute atomic E-state index is 0.0325. The number of amides is 2. The summed E-state index contributed by atoms with van der Waals surface area (Å²) in [4.78, 5) is 17.7. The fourth-order valence-electron chi connectivity index (χ4n) is 2.59. The van der Waals surface area contributed by atoms with Crippen molar-refractivity contribution in [2.75, 3.05) is 64.4 Å². The van der Waals surface area contributed by atoms with E-state index in [2.05, 4.69) is 15.1 Å². The summed E-state index contributed by atoms with van der Waals surface area (Å²) >= 11 is 0. The Labute approximate surface area is 136 Å². The van der Waals surface area contributed by atoms with Crippen molar-refractivity contribution in [3.63, 3.8) is 0 Å². The van der Waals surface area contributed by atoms with Crippen molar-refractivity contribution in [3.05, 3.63) is 30.1 Å². The standard InChI is InChI=1S/C16H25FN4O2/c1-19(12-13-22)16(23)18-6-7-20-8-10-21(11-9-20)15-4-2-14(17)3-5-15/h2-5,22H,6-13H2,1H3,(H,18,23). The molecule has 7 heteroatoms. The van der Waals surface area contributed by atoms with Gasteiger partial charge in [0.2, 0.25) is 0 Å². The molecule has 1 aromatic carbocycles. The van der Waals surface area contributed by atoms with E-state index in [-0.39, 0.29) is 18.5 Å². The average molecular weight is 324 g/mol. The fraction of sp³-hybridized carbons (Fsp3) is 0.562. The number of urea groups is 1. The van der Waals surface area contributed by atoms with Gasteiger partial charge in [0.05, 0.1) is 6.61 Å². The predicted octanol–water partition coefficient (Wildman–Crippen LogP) is 0.581. The van der Waals surface area contributed by atoms with Crippen LogP contribution in [0.25, 0.3) is 0 Å². The number of aliphatic hydroxyl groups excluding tert-OH is 1. The van der Waals surface area contributed by atoms with Gasteiger partial charge in [-0.1, -0.05) is 0 Å². The van der Waals surface area contributed by atoms with Crippen LogP contribution in [0.2, 0.25) is 0 Å². The largest absolute Gasteiger partial charge is 0.395 e. The predicted molar refractivity (Wildman–Crippen MR) is 88.2 cm³/mol. The van der Waals surface area contributed by atoms with Crippen molar-refractivity contribution in [3.8, 4) is 0 Å². The number of benzene rings is 1. The van der Waals surface area contributed by atoms with E-state index in [4.69, 9.17) is 5.11 Å². The highest BCUT2D eigenvalue weighted by atomic mass is 19.1. The first kappa shape index (κ1) is 17.5. The molecule has 1 aromatic rings. The molecular formula is C16H25FN4O2. The molecule has 23 heavy (non-hydrogen) atoms. The Balaban J connectivity index is 1.67. The molecule has 128 valence electrons. The number of nitrogens with one attached hydrogen (secondary N) is 1. The zero-order valence-electron chi connectivity index (χ0n) is 13.5. The highest BCUT2D eigenvalue weighted by molar-refractivity contribution is 5.73. The molecule has 0 spiro atoms. The lowest BCUT2D eigenvalue weighted by Crippen LogP contribution is -2.49. The normalized spacial score (nSPS) is 15.5. The molecule has 0 bridgehead atoms. The number of hydrogen-bond acceptors (Lipinski definition) is 4. The summed E-state index contributed by atoms with van der Waals surface area (Å²) in [5.74, 6) is -0.214. The number of carbonyl (C=O) groups is 1. The van der Waals surface area contributed by atoms with Gasteiger partial charge in [-0.05, 0) is 24.3 Å². The van der Waals surface area contributed by atoms with E-state index in [9.17, 15) is 9.18 Å². The Bertz CT molecular complexity index is 489. The van der Waals surface area contributed by atoms with Gasteiger partial charge in [-0.25, -0.2) is 9.18 Å². The maximum absolute atomic E-state index is 12.9. The van der Waals surface area contributed by atoms with Gasteiger partial charge in [-0.2, -0.15) is 0 Å². The van der Waals surface area contributed by atoms with Crippen LogP contribution in [0.4, 0.5) is 14.9 Å². The third kappa shape index (κ3) is 5.37. The van der Waals surface area contributed by atoms with Crippen LogP contribution in [0.15, 0.2) is 24.3 Å². The molecule has 6 nitrogen and oxygen atoms in total. The Kier molecular flexibility index (Phi) is 6.61. The summed E-state index contributed by atoms with van der Waals surface area (Å²) < 4.78 is 12.9. The number of halogens is 1. The SMILES string of the molecule is CN(CCO)C(=O)NCCN1CCN(c2ccc(F)cc2)CC1. The molecule has 0 saturated carbocycles. The Hall–Kier alpha value is -1.86. The minimum atomic E-state index is -0.214. The minimum Gasteiger partial charge on any atom is -0.395 e. The first-order valence-corrected chi connectivity index (χ1v) is 7.93. The molecule has 2 N–H and O–H groups in total. The highest BCUT2D eigenvalue weighted by Gasteiger charge is 2.17. The van der Waals surface area contributed by atoms with Crippen LogP contribution in [-0.2, 0) is 0 Å². The fourth-order valence-corrected chi connectivity index (χ4v) is 2.59. The Morgan fingerprint density at radius 2 is 1.91 bits per heavy atom. The third-order valence-electron chi connectivity index (χ3n) is 4.05. The van der Waals surface area contributed by atoms with Crippen LogP contribution in [0, 0.1) is 5.82 Å². The average Bonchev–Trinajstić information content (AvgIpc) is 2.56. The molecule has 1 aliphatic heterocycles. The zero-order chi connectivity index (χ0) is 16.7. The van der Waals surface area contributed by atoms with Crippen LogP contribution in [0.3, 0.4) is 0 Å². The van der Waals surface area contributed by atoms with Crippen LogP contribution in [0.1, 0.15) is 0 Å². The van der Waals surface area contributed by atoms with E-state index < -0.39 is 0 Å². The molecular weight excluding hydrogens is 299 g/mol. The molecule has 0 radical (unpaired) electrons. The molecule has 0 aromatic heterocycles. The van der Waals surface area contributed by atoms with Crippen molar-refractivity contribution in [2.24, 2.45) is 0 Å². The number of aliphatic hydroxyl groups is 1. The zero-order valence-corrected chi connectivity index (χ0v) is 13.5. The monoisotopic (exact) mass is 324 g/mol. The molecule has 0 unspecified atom stereocenters. The number of rotatable bonds is 6. The van der Waals surface area contributed by atoms with Gasteiger partial charge >= 0.3 is 6.03 Å². The smallest absolute Gasteiger partial charge is 0.317 e. The molecule has 1 heterocycles. The molecule has 2 amide bonds. The van der Waals surface area contributed by atoms with Gasteiger partial charge in [0.1, 0.15) is 5.82 Å². The summed E-state index contributed by atoms with van der Waals surface area (Å²) in [6, 6.07) is 6.42.